The van der Waals surface area contributed by atoms with E-state index >= 15 is 0 Å². The highest BCUT2D eigenvalue weighted by Crippen LogP contribution is 2.26. The summed E-state index contributed by atoms with van der Waals surface area (Å²) in [4.78, 5) is 0. The molecule has 3 heteroatoms. The second kappa shape index (κ2) is 5.52. The van der Waals surface area contributed by atoms with Crippen molar-refractivity contribution in [3.05, 3.63) is 33.3 Å². The van der Waals surface area contributed by atoms with Crippen molar-refractivity contribution in [1.29, 1.82) is 0 Å². The van der Waals surface area contributed by atoms with Crippen LogP contribution in [0.4, 0.5) is 0 Å². The standard InChI is InChI=1S/C13H17BrClN/c1-9-2-4-11(6-9)16-8-10-3-5-12(14)13(15)7-10/h3,5,7,9,11,16H,2,4,6,8H2,1H3. The molecule has 0 spiro atoms. The van der Waals surface area contributed by atoms with Crippen molar-refractivity contribution in [3.63, 3.8) is 0 Å². The number of nitrogens with one attached hydrogen (secondary N) is 1. The molecule has 1 fully saturated rings. The maximum Gasteiger partial charge on any atom is 0.0551 e. The van der Waals surface area contributed by atoms with Gasteiger partial charge in [-0.15, -0.1) is 0 Å². The second-order valence-corrected chi connectivity index (χ2v) is 6.01. The Labute approximate surface area is 111 Å². The van der Waals surface area contributed by atoms with E-state index in [0.717, 1.165) is 22.0 Å². The van der Waals surface area contributed by atoms with Crippen LogP contribution in [0, 0.1) is 5.92 Å². The maximum atomic E-state index is 6.06. The van der Waals surface area contributed by atoms with Crippen molar-refractivity contribution in [3.8, 4) is 0 Å². The number of benzene rings is 1. The van der Waals surface area contributed by atoms with Crippen molar-refractivity contribution in [2.45, 2.75) is 38.8 Å². The number of hydrogen-bond acceptors (Lipinski definition) is 1. The Balaban J connectivity index is 1.87. The van der Waals surface area contributed by atoms with E-state index in [2.05, 4.69) is 34.2 Å². The molecule has 1 aliphatic carbocycles. The Morgan fingerprint density at radius 2 is 2.25 bits per heavy atom. The van der Waals surface area contributed by atoms with E-state index in [1.165, 1.54) is 24.8 Å². The molecule has 1 saturated carbocycles. The quantitative estimate of drug-likeness (QED) is 0.873. The number of rotatable bonds is 3. The topological polar surface area (TPSA) is 12.0 Å². The van der Waals surface area contributed by atoms with Crippen LogP contribution in [-0.4, -0.2) is 6.04 Å². The van der Waals surface area contributed by atoms with E-state index in [9.17, 15) is 0 Å². The first kappa shape index (κ1) is 12.4. The molecule has 0 aromatic heterocycles. The molecule has 1 N–H and O–H groups in total. The summed E-state index contributed by atoms with van der Waals surface area (Å²) in [5.74, 6) is 0.881. The third-order valence-corrected chi connectivity index (χ3v) is 4.51. The minimum Gasteiger partial charge on any atom is -0.310 e. The lowest BCUT2D eigenvalue weighted by molar-refractivity contribution is 0.502. The average Bonchev–Trinajstić information content (AvgIpc) is 2.66. The zero-order valence-electron chi connectivity index (χ0n) is 9.47. The van der Waals surface area contributed by atoms with E-state index in [4.69, 9.17) is 11.6 Å². The van der Waals surface area contributed by atoms with Crippen molar-refractivity contribution in [2.24, 2.45) is 5.92 Å². The predicted molar refractivity (Wildman–Crippen MR) is 72.8 cm³/mol. The maximum absolute atomic E-state index is 6.06. The summed E-state index contributed by atoms with van der Waals surface area (Å²) in [7, 11) is 0. The van der Waals surface area contributed by atoms with Crippen LogP contribution < -0.4 is 5.32 Å². The highest BCUT2D eigenvalue weighted by molar-refractivity contribution is 9.10. The third-order valence-electron chi connectivity index (χ3n) is 3.27. The molecule has 0 bridgehead atoms. The highest BCUT2D eigenvalue weighted by atomic mass is 79.9. The molecule has 88 valence electrons. The van der Waals surface area contributed by atoms with E-state index in [0.29, 0.717) is 6.04 Å². The van der Waals surface area contributed by atoms with Gasteiger partial charge in [-0.25, -0.2) is 0 Å². The first-order valence-corrected chi connectivity index (χ1v) is 6.99. The van der Waals surface area contributed by atoms with Crippen LogP contribution in [0.1, 0.15) is 31.7 Å². The third kappa shape index (κ3) is 3.22. The van der Waals surface area contributed by atoms with Crippen LogP contribution in [0.25, 0.3) is 0 Å². The van der Waals surface area contributed by atoms with Crippen LogP contribution in [0.15, 0.2) is 22.7 Å². The molecule has 0 aliphatic heterocycles. The average molecular weight is 303 g/mol. The zero-order valence-corrected chi connectivity index (χ0v) is 11.8. The van der Waals surface area contributed by atoms with Gasteiger partial charge in [-0.1, -0.05) is 24.6 Å². The van der Waals surface area contributed by atoms with Crippen LogP contribution in [0.3, 0.4) is 0 Å². The van der Waals surface area contributed by atoms with Crippen molar-refractivity contribution >= 4 is 27.5 Å². The Morgan fingerprint density at radius 1 is 1.44 bits per heavy atom. The van der Waals surface area contributed by atoms with Gasteiger partial charge in [0.05, 0.1) is 5.02 Å². The molecule has 0 heterocycles. The van der Waals surface area contributed by atoms with Crippen LogP contribution in [-0.2, 0) is 6.54 Å². The molecule has 16 heavy (non-hydrogen) atoms. The van der Waals surface area contributed by atoms with Gasteiger partial charge in [0.25, 0.3) is 0 Å². The number of halogens is 2. The lowest BCUT2D eigenvalue weighted by Crippen LogP contribution is -2.25. The molecule has 2 unspecified atom stereocenters. The molecule has 2 rings (SSSR count). The molecule has 2 atom stereocenters. The van der Waals surface area contributed by atoms with Gasteiger partial charge < -0.3 is 5.32 Å². The van der Waals surface area contributed by atoms with Crippen molar-refractivity contribution in [1.82, 2.24) is 5.32 Å². The van der Waals surface area contributed by atoms with E-state index < -0.39 is 0 Å². The van der Waals surface area contributed by atoms with Gasteiger partial charge in [0, 0.05) is 17.1 Å². The van der Waals surface area contributed by atoms with Gasteiger partial charge in [-0.05, 0) is 58.8 Å². The summed E-state index contributed by atoms with van der Waals surface area (Å²) < 4.78 is 0.965. The summed E-state index contributed by atoms with van der Waals surface area (Å²) in [6.45, 7) is 3.25. The Bertz CT molecular complexity index is 367. The molecule has 1 aromatic carbocycles. The highest BCUT2D eigenvalue weighted by Gasteiger charge is 2.20. The lowest BCUT2D eigenvalue weighted by Gasteiger charge is -2.12. The molecule has 0 amide bonds. The Hall–Kier alpha value is -0.0500. The fourth-order valence-electron chi connectivity index (χ4n) is 2.30. The van der Waals surface area contributed by atoms with Crippen LogP contribution in [0.5, 0.6) is 0 Å². The monoisotopic (exact) mass is 301 g/mol. The smallest absolute Gasteiger partial charge is 0.0551 e. The molecular weight excluding hydrogens is 286 g/mol. The summed E-state index contributed by atoms with van der Waals surface area (Å²) >= 11 is 9.46. The van der Waals surface area contributed by atoms with Gasteiger partial charge in [-0.2, -0.15) is 0 Å². The normalized spacial score (nSPS) is 24.9. The fraction of sp³-hybridized carbons (Fsp3) is 0.538. The Morgan fingerprint density at radius 3 is 2.88 bits per heavy atom. The SMILES string of the molecule is CC1CCC(NCc2ccc(Br)c(Cl)c2)C1. The van der Waals surface area contributed by atoms with E-state index in [1.807, 2.05) is 12.1 Å². The predicted octanol–water partition coefficient (Wildman–Crippen LogP) is 4.38. The van der Waals surface area contributed by atoms with Crippen molar-refractivity contribution in [2.75, 3.05) is 0 Å². The van der Waals surface area contributed by atoms with Crippen LogP contribution >= 0.6 is 27.5 Å². The summed E-state index contributed by atoms with van der Waals surface area (Å²) in [6.07, 6.45) is 3.98. The second-order valence-electron chi connectivity index (χ2n) is 4.74. The van der Waals surface area contributed by atoms with Gasteiger partial charge in [-0.3, -0.25) is 0 Å². The molecular formula is C13H17BrClN. The van der Waals surface area contributed by atoms with Gasteiger partial charge >= 0.3 is 0 Å². The zero-order chi connectivity index (χ0) is 11.5. The molecule has 1 aromatic rings. The summed E-state index contributed by atoms with van der Waals surface area (Å²) in [6, 6.07) is 6.84. The molecule has 1 nitrogen and oxygen atoms in total. The first-order valence-electron chi connectivity index (χ1n) is 5.82. The fourth-order valence-corrected chi connectivity index (χ4v) is 2.75. The number of hydrogen-bond donors (Lipinski definition) is 1. The molecule has 1 aliphatic rings. The van der Waals surface area contributed by atoms with Crippen LogP contribution in [0.2, 0.25) is 5.02 Å². The van der Waals surface area contributed by atoms with Gasteiger partial charge in [0.1, 0.15) is 0 Å². The minimum atomic E-state index is 0.692. The van der Waals surface area contributed by atoms with E-state index in [-0.39, 0.29) is 0 Å². The lowest BCUT2D eigenvalue weighted by atomic mass is 10.1. The summed E-state index contributed by atoms with van der Waals surface area (Å²) in [5.41, 5.74) is 1.26. The van der Waals surface area contributed by atoms with Gasteiger partial charge in [0.2, 0.25) is 0 Å². The molecule has 0 saturated heterocycles. The van der Waals surface area contributed by atoms with Crippen molar-refractivity contribution < 1.29 is 0 Å². The minimum absolute atomic E-state index is 0.692. The Kier molecular flexibility index (Phi) is 4.28. The summed E-state index contributed by atoms with van der Waals surface area (Å²) in [5, 5.41) is 4.39. The first-order chi connectivity index (χ1) is 7.65. The van der Waals surface area contributed by atoms with E-state index in [1.54, 1.807) is 0 Å². The largest absolute Gasteiger partial charge is 0.310 e. The molecule has 0 radical (unpaired) electrons. The van der Waals surface area contributed by atoms with Gasteiger partial charge in [0.15, 0.2) is 0 Å².